The molecule has 0 radical (unpaired) electrons. The highest BCUT2D eigenvalue weighted by molar-refractivity contribution is 9.11. The van der Waals surface area contributed by atoms with Gasteiger partial charge in [-0.25, -0.2) is 0 Å². The molecule has 1 aliphatic rings. The maximum atomic E-state index is 12.5. The van der Waals surface area contributed by atoms with Crippen molar-refractivity contribution in [2.45, 2.75) is 17.6 Å². The SMILES string of the molecule is CSC1(C#N)CCN(C(=O)c2cc(Br)cc(Br)c2)CC1. The van der Waals surface area contributed by atoms with E-state index in [-0.39, 0.29) is 10.7 Å². The molecule has 0 aromatic heterocycles. The Labute approximate surface area is 140 Å². The fourth-order valence-electron chi connectivity index (χ4n) is 2.29. The molecule has 1 heterocycles. The van der Waals surface area contributed by atoms with Crippen LogP contribution in [-0.4, -0.2) is 34.9 Å². The van der Waals surface area contributed by atoms with E-state index >= 15 is 0 Å². The first kappa shape index (κ1) is 15.9. The minimum Gasteiger partial charge on any atom is -0.338 e. The smallest absolute Gasteiger partial charge is 0.253 e. The van der Waals surface area contributed by atoms with E-state index in [0.29, 0.717) is 18.7 Å². The van der Waals surface area contributed by atoms with Gasteiger partial charge in [0.05, 0.1) is 6.07 Å². The molecule has 0 N–H and O–H groups in total. The van der Waals surface area contributed by atoms with Crippen molar-refractivity contribution in [3.05, 3.63) is 32.7 Å². The molecule has 0 unspecified atom stereocenters. The fourth-order valence-corrected chi connectivity index (χ4v) is 4.27. The Morgan fingerprint density at radius 1 is 1.30 bits per heavy atom. The van der Waals surface area contributed by atoms with Crippen molar-refractivity contribution in [2.24, 2.45) is 0 Å². The van der Waals surface area contributed by atoms with Gasteiger partial charge in [0.15, 0.2) is 0 Å². The number of carbonyl (C=O) groups is 1. The first-order valence-corrected chi connectivity index (χ1v) is 9.02. The molecule has 1 fully saturated rings. The van der Waals surface area contributed by atoms with Gasteiger partial charge >= 0.3 is 0 Å². The molecule has 106 valence electrons. The molecular weight excluding hydrogens is 404 g/mol. The van der Waals surface area contributed by atoms with Crippen LogP contribution in [0.15, 0.2) is 27.1 Å². The molecule has 1 aliphatic heterocycles. The molecule has 2 rings (SSSR count). The van der Waals surface area contributed by atoms with Gasteiger partial charge in [-0.2, -0.15) is 5.26 Å². The van der Waals surface area contributed by atoms with Gasteiger partial charge < -0.3 is 4.90 Å². The summed E-state index contributed by atoms with van der Waals surface area (Å²) in [5.41, 5.74) is 0.667. The number of hydrogen-bond donors (Lipinski definition) is 0. The molecule has 1 aromatic rings. The van der Waals surface area contributed by atoms with Crippen LogP contribution in [0.1, 0.15) is 23.2 Å². The maximum Gasteiger partial charge on any atom is 0.253 e. The highest BCUT2D eigenvalue weighted by atomic mass is 79.9. The van der Waals surface area contributed by atoms with Crippen LogP contribution in [0.5, 0.6) is 0 Å². The Bertz CT molecular complexity index is 543. The summed E-state index contributed by atoms with van der Waals surface area (Å²) in [4.78, 5) is 14.3. The lowest BCUT2D eigenvalue weighted by Gasteiger charge is -2.36. The van der Waals surface area contributed by atoms with E-state index in [4.69, 9.17) is 0 Å². The average molecular weight is 418 g/mol. The molecule has 1 saturated heterocycles. The van der Waals surface area contributed by atoms with Crippen LogP contribution in [0, 0.1) is 11.3 Å². The van der Waals surface area contributed by atoms with Crippen LogP contribution >= 0.6 is 43.6 Å². The standard InChI is InChI=1S/C14H14Br2N2OS/c1-20-14(9-17)2-4-18(5-3-14)13(19)10-6-11(15)8-12(16)7-10/h6-8H,2-5H2,1H3. The number of benzene rings is 1. The second-order valence-electron chi connectivity index (χ2n) is 4.76. The van der Waals surface area contributed by atoms with E-state index in [1.54, 1.807) is 11.8 Å². The molecular formula is C14H14Br2N2OS. The summed E-state index contributed by atoms with van der Waals surface area (Å²) < 4.78 is 1.43. The zero-order valence-electron chi connectivity index (χ0n) is 11.0. The number of piperidine rings is 1. The summed E-state index contributed by atoms with van der Waals surface area (Å²) >= 11 is 8.39. The second-order valence-corrected chi connectivity index (χ2v) is 7.78. The van der Waals surface area contributed by atoms with Crippen LogP contribution in [0.4, 0.5) is 0 Å². The number of hydrogen-bond acceptors (Lipinski definition) is 3. The minimum atomic E-state index is -0.325. The number of amides is 1. The van der Waals surface area contributed by atoms with Gasteiger partial charge in [0.25, 0.3) is 5.91 Å². The van der Waals surface area contributed by atoms with E-state index in [0.717, 1.165) is 21.8 Å². The topological polar surface area (TPSA) is 44.1 Å². The lowest BCUT2D eigenvalue weighted by atomic mass is 9.96. The molecule has 6 heteroatoms. The normalized spacial score (nSPS) is 17.6. The van der Waals surface area contributed by atoms with Crippen molar-refractivity contribution < 1.29 is 4.79 Å². The van der Waals surface area contributed by atoms with Crippen molar-refractivity contribution in [3.8, 4) is 6.07 Å². The van der Waals surface area contributed by atoms with E-state index in [9.17, 15) is 10.1 Å². The summed E-state index contributed by atoms with van der Waals surface area (Å²) in [7, 11) is 0. The Kier molecular flexibility index (Phi) is 5.16. The molecule has 0 saturated carbocycles. The third-order valence-electron chi connectivity index (χ3n) is 3.56. The molecule has 3 nitrogen and oxygen atoms in total. The summed E-state index contributed by atoms with van der Waals surface area (Å²) in [6, 6.07) is 7.95. The van der Waals surface area contributed by atoms with Crippen LogP contribution in [-0.2, 0) is 0 Å². The van der Waals surface area contributed by atoms with E-state index < -0.39 is 0 Å². The molecule has 0 spiro atoms. The lowest BCUT2D eigenvalue weighted by Crippen LogP contribution is -2.44. The highest BCUT2D eigenvalue weighted by Gasteiger charge is 2.35. The first-order chi connectivity index (χ1) is 9.49. The number of nitriles is 1. The molecule has 1 amide bonds. The monoisotopic (exact) mass is 416 g/mol. The molecule has 0 atom stereocenters. The van der Waals surface area contributed by atoms with E-state index in [2.05, 4.69) is 37.9 Å². The predicted molar refractivity (Wildman–Crippen MR) is 88.8 cm³/mol. The van der Waals surface area contributed by atoms with Gasteiger partial charge in [0.1, 0.15) is 4.75 Å². The Balaban J connectivity index is 2.11. The second kappa shape index (κ2) is 6.50. The van der Waals surface area contributed by atoms with Crippen molar-refractivity contribution >= 4 is 49.5 Å². The third-order valence-corrected chi connectivity index (χ3v) is 5.76. The summed E-state index contributed by atoms with van der Waals surface area (Å²) in [6.07, 6.45) is 3.42. The number of rotatable bonds is 2. The van der Waals surface area contributed by atoms with Crippen LogP contribution in [0.25, 0.3) is 0 Å². The van der Waals surface area contributed by atoms with E-state index in [1.165, 1.54) is 0 Å². The molecule has 0 bridgehead atoms. The van der Waals surface area contributed by atoms with Crippen LogP contribution in [0.3, 0.4) is 0 Å². The van der Waals surface area contributed by atoms with Gasteiger partial charge in [0.2, 0.25) is 0 Å². The van der Waals surface area contributed by atoms with E-state index in [1.807, 2.05) is 29.4 Å². The summed E-state index contributed by atoms with van der Waals surface area (Å²) in [6.45, 7) is 1.27. The van der Waals surface area contributed by atoms with Gasteiger partial charge in [-0.05, 0) is 37.3 Å². The molecule has 20 heavy (non-hydrogen) atoms. The third kappa shape index (κ3) is 3.38. The van der Waals surface area contributed by atoms with Gasteiger partial charge in [-0.3, -0.25) is 4.79 Å². The average Bonchev–Trinajstić information content (AvgIpc) is 2.45. The van der Waals surface area contributed by atoms with Gasteiger partial charge in [0, 0.05) is 27.6 Å². The Morgan fingerprint density at radius 2 is 1.85 bits per heavy atom. The maximum absolute atomic E-state index is 12.5. The van der Waals surface area contributed by atoms with Crippen molar-refractivity contribution in [1.29, 1.82) is 5.26 Å². The van der Waals surface area contributed by atoms with Gasteiger partial charge in [-0.15, -0.1) is 11.8 Å². The highest BCUT2D eigenvalue weighted by Crippen LogP contribution is 2.34. The number of halogens is 2. The van der Waals surface area contributed by atoms with Crippen molar-refractivity contribution in [3.63, 3.8) is 0 Å². The zero-order chi connectivity index (χ0) is 14.8. The number of carbonyl (C=O) groups excluding carboxylic acids is 1. The Hall–Kier alpha value is -0.510. The molecule has 0 aliphatic carbocycles. The number of nitrogens with zero attached hydrogens (tertiary/aromatic N) is 2. The predicted octanol–water partition coefficient (Wildman–Crippen LogP) is 4.07. The van der Waals surface area contributed by atoms with Crippen LogP contribution in [0.2, 0.25) is 0 Å². The quantitative estimate of drug-likeness (QED) is 0.728. The number of likely N-dealkylation sites (tertiary alicyclic amines) is 1. The van der Waals surface area contributed by atoms with Crippen molar-refractivity contribution in [1.82, 2.24) is 4.90 Å². The lowest BCUT2D eigenvalue weighted by molar-refractivity contribution is 0.0716. The van der Waals surface area contributed by atoms with Crippen LogP contribution < -0.4 is 0 Å². The van der Waals surface area contributed by atoms with Crippen molar-refractivity contribution in [2.75, 3.05) is 19.3 Å². The largest absolute Gasteiger partial charge is 0.338 e. The Morgan fingerprint density at radius 3 is 2.30 bits per heavy atom. The summed E-state index contributed by atoms with van der Waals surface area (Å²) in [5, 5.41) is 9.27. The number of thioether (sulfide) groups is 1. The summed E-state index contributed by atoms with van der Waals surface area (Å²) in [5.74, 6) is 0.0274. The first-order valence-electron chi connectivity index (χ1n) is 6.21. The fraction of sp³-hybridized carbons (Fsp3) is 0.429. The molecule has 1 aromatic carbocycles. The minimum absolute atomic E-state index is 0.0274. The zero-order valence-corrected chi connectivity index (χ0v) is 15.0. The van der Waals surface area contributed by atoms with Gasteiger partial charge in [-0.1, -0.05) is 31.9 Å².